The first kappa shape index (κ1) is 30.4. The summed E-state index contributed by atoms with van der Waals surface area (Å²) in [5.41, 5.74) is 4.06. The van der Waals surface area contributed by atoms with Crippen LogP contribution >= 0.6 is 0 Å². The number of hydrogen-bond acceptors (Lipinski definition) is 7. The molecule has 0 unspecified atom stereocenters. The highest BCUT2D eigenvalue weighted by Gasteiger charge is 2.36. The minimum absolute atomic E-state index is 0.00478. The molecule has 2 aromatic carbocycles. The summed E-state index contributed by atoms with van der Waals surface area (Å²) in [4.78, 5) is 34.7. The number of hydrogen-bond donors (Lipinski definition) is 0. The normalized spacial score (nSPS) is 18.3. The maximum Gasteiger partial charge on any atom is 0.334 e. The molecule has 1 aliphatic carbocycles. The predicted octanol–water partition coefficient (Wildman–Crippen LogP) is 6.32. The van der Waals surface area contributed by atoms with Crippen LogP contribution < -0.4 is 9.64 Å². The van der Waals surface area contributed by atoms with Crippen molar-refractivity contribution < 1.29 is 23.5 Å². The van der Waals surface area contributed by atoms with E-state index in [0.717, 1.165) is 41.4 Å². The molecule has 228 valence electrons. The minimum Gasteiger partial charge on any atom is -0.493 e. The molecule has 1 amide bonds. The molecule has 1 saturated carbocycles. The van der Waals surface area contributed by atoms with Crippen molar-refractivity contribution in [3.63, 3.8) is 0 Å². The summed E-state index contributed by atoms with van der Waals surface area (Å²) in [6.07, 6.45) is 7.33. The lowest BCUT2D eigenvalue weighted by Gasteiger charge is -2.22. The number of likely N-dealkylation sites (tertiary alicyclic amines) is 1. The van der Waals surface area contributed by atoms with Crippen molar-refractivity contribution in [3.05, 3.63) is 71.1 Å². The monoisotopic (exact) mass is 585 g/mol. The second kappa shape index (κ2) is 13.9. The van der Waals surface area contributed by atoms with Crippen LogP contribution in [0.15, 0.2) is 58.5 Å². The van der Waals surface area contributed by atoms with Crippen molar-refractivity contribution in [3.8, 4) is 17.2 Å². The first-order valence-corrected chi connectivity index (χ1v) is 15.4. The van der Waals surface area contributed by atoms with Crippen LogP contribution in [0.5, 0.6) is 5.75 Å². The number of anilines is 1. The third-order valence-electron chi connectivity index (χ3n) is 8.55. The second-order valence-corrected chi connectivity index (χ2v) is 11.8. The maximum absolute atomic E-state index is 13.2. The van der Waals surface area contributed by atoms with E-state index in [1.54, 1.807) is 13.0 Å². The molecule has 1 aromatic heterocycles. The molecule has 8 nitrogen and oxygen atoms in total. The van der Waals surface area contributed by atoms with Gasteiger partial charge in [0.1, 0.15) is 11.5 Å². The lowest BCUT2D eigenvalue weighted by atomic mass is 9.82. The van der Waals surface area contributed by atoms with Crippen LogP contribution in [0.25, 0.3) is 17.5 Å². The Bertz CT molecular complexity index is 1430. The zero-order valence-corrected chi connectivity index (χ0v) is 25.8. The number of benzene rings is 2. The number of esters is 1. The number of aromatic nitrogens is 1. The molecule has 43 heavy (non-hydrogen) atoms. The summed E-state index contributed by atoms with van der Waals surface area (Å²) in [6.45, 7) is 6.03. The Morgan fingerprint density at radius 3 is 2.42 bits per heavy atom. The average molecular weight is 586 g/mol. The third-order valence-corrected chi connectivity index (χ3v) is 8.55. The number of carbonyl (C=O) groups is 2. The number of rotatable bonds is 11. The van der Waals surface area contributed by atoms with Crippen LogP contribution in [0.1, 0.15) is 56.0 Å². The molecule has 1 saturated heterocycles. The Morgan fingerprint density at radius 1 is 1.05 bits per heavy atom. The maximum atomic E-state index is 13.2. The van der Waals surface area contributed by atoms with Gasteiger partial charge in [0.25, 0.3) is 0 Å². The van der Waals surface area contributed by atoms with Gasteiger partial charge in [0.05, 0.1) is 30.9 Å². The van der Waals surface area contributed by atoms with Gasteiger partial charge in [0.15, 0.2) is 0 Å². The van der Waals surface area contributed by atoms with Crippen LogP contribution in [-0.4, -0.2) is 62.2 Å². The predicted molar refractivity (Wildman–Crippen MR) is 168 cm³/mol. The average Bonchev–Trinajstić information content (AvgIpc) is 3.61. The molecule has 0 bridgehead atoms. The van der Waals surface area contributed by atoms with Gasteiger partial charge in [0, 0.05) is 44.9 Å². The van der Waals surface area contributed by atoms with E-state index in [1.165, 1.54) is 25.7 Å². The molecule has 2 atom stereocenters. The molecule has 2 aliphatic rings. The van der Waals surface area contributed by atoms with E-state index < -0.39 is 5.97 Å². The highest BCUT2D eigenvalue weighted by atomic mass is 16.5. The fraction of sp³-hybridized carbons (Fsp3) is 0.457. The molecule has 0 spiro atoms. The van der Waals surface area contributed by atoms with Gasteiger partial charge in [-0.2, -0.15) is 0 Å². The number of amides is 1. The van der Waals surface area contributed by atoms with Gasteiger partial charge >= 0.3 is 5.97 Å². The fourth-order valence-corrected chi connectivity index (χ4v) is 6.24. The largest absolute Gasteiger partial charge is 0.493 e. The van der Waals surface area contributed by atoms with Gasteiger partial charge in [-0.3, -0.25) is 4.79 Å². The zero-order valence-electron chi connectivity index (χ0n) is 25.8. The highest BCUT2D eigenvalue weighted by molar-refractivity contribution is 5.99. The Morgan fingerprint density at radius 2 is 1.74 bits per heavy atom. The van der Waals surface area contributed by atoms with E-state index in [9.17, 15) is 9.59 Å². The van der Waals surface area contributed by atoms with Crippen molar-refractivity contribution in [1.29, 1.82) is 0 Å². The molecule has 0 radical (unpaired) electrons. The minimum atomic E-state index is -0.441. The van der Waals surface area contributed by atoms with Crippen molar-refractivity contribution in [2.24, 2.45) is 11.8 Å². The SMILES string of the molecule is CCOC(=O)/C(=C/c1ccc(OCCc2nc(-c3ccccc3N(C)C)oc2C)cc1)CC(=O)N1C[C@H]2CCCC[C@H]2C1. The number of oxazole rings is 1. The molecule has 8 heteroatoms. The van der Waals surface area contributed by atoms with Crippen molar-refractivity contribution in [1.82, 2.24) is 9.88 Å². The Kier molecular flexibility index (Phi) is 9.85. The van der Waals surface area contributed by atoms with Crippen LogP contribution in [0.2, 0.25) is 0 Å². The highest BCUT2D eigenvalue weighted by Crippen LogP contribution is 2.36. The second-order valence-electron chi connectivity index (χ2n) is 11.8. The van der Waals surface area contributed by atoms with Gasteiger partial charge in [0.2, 0.25) is 11.8 Å². The van der Waals surface area contributed by atoms with Crippen LogP contribution in [0.3, 0.4) is 0 Å². The van der Waals surface area contributed by atoms with Crippen molar-refractivity contribution >= 4 is 23.6 Å². The first-order chi connectivity index (χ1) is 20.8. The topological polar surface area (TPSA) is 85.1 Å². The lowest BCUT2D eigenvalue weighted by Crippen LogP contribution is -2.30. The van der Waals surface area contributed by atoms with E-state index >= 15 is 0 Å². The first-order valence-electron chi connectivity index (χ1n) is 15.4. The zero-order chi connectivity index (χ0) is 30.3. The molecule has 5 rings (SSSR count). The number of fused-ring (bicyclic) bond motifs is 1. The van der Waals surface area contributed by atoms with Crippen LogP contribution in [0, 0.1) is 18.8 Å². The van der Waals surface area contributed by atoms with Gasteiger partial charge < -0.3 is 23.7 Å². The summed E-state index contributed by atoms with van der Waals surface area (Å²) >= 11 is 0. The van der Waals surface area contributed by atoms with Crippen LogP contribution in [-0.2, 0) is 20.7 Å². The molecule has 1 aliphatic heterocycles. The molecule has 2 heterocycles. The Hall–Kier alpha value is -4.07. The number of ether oxygens (including phenoxy) is 2. The van der Waals surface area contributed by atoms with Crippen molar-refractivity contribution in [2.75, 3.05) is 45.3 Å². The molecule has 0 N–H and O–H groups in total. The van der Waals surface area contributed by atoms with E-state index in [2.05, 4.69) is 0 Å². The van der Waals surface area contributed by atoms with E-state index in [0.29, 0.717) is 42.1 Å². The van der Waals surface area contributed by atoms with Crippen molar-refractivity contribution in [2.45, 2.75) is 52.4 Å². The summed E-state index contributed by atoms with van der Waals surface area (Å²) in [5.74, 6) is 2.87. The third kappa shape index (κ3) is 7.48. The number of carbonyl (C=O) groups excluding carboxylic acids is 2. The smallest absolute Gasteiger partial charge is 0.334 e. The number of nitrogens with zero attached hydrogens (tertiary/aromatic N) is 3. The van der Waals surface area contributed by atoms with E-state index in [-0.39, 0.29) is 18.9 Å². The molecular weight excluding hydrogens is 542 g/mol. The van der Waals surface area contributed by atoms with E-state index in [1.807, 2.05) is 79.3 Å². The Balaban J connectivity index is 1.19. The van der Waals surface area contributed by atoms with Crippen LogP contribution in [0.4, 0.5) is 5.69 Å². The quantitative estimate of drug-likeness (QED) is 0.192. The van der Waals surface area contributed by atoms with Gasteiger partial charge in [-0.1, -0.05) is 37.1 Å². The fourth-order valence-electron chi connectivity index (χ4n) is 6.24. The van der Waals surface area contributed by atoms with Gasteiger partial charge in [-0.15, -0.1) is 0 Å². The summed E-state index contributed by atoms with van der Waals surface area (Å²) < 4.78 is 17.3. The van der Waals surface area contributed by atoms with Gasteiger partial charge in [-0.05, 0) is 74.4 Å². The molecule has 3 aromatic rings. The molecule has 2 fully saturated rings. The Labute approximate surface area is 254 Å². The standard InChI is InChI=1S/C35H43N3O5/c1-5-41-35(40)28(21-33(39)38-22-26-10-6-7-11-27(26)23-38)20-25-14-16-29(17-15-25)42-19-18-31-24(2)43-34(36-31)30-12-8-9-13-32(30)37(3)4/h8-9,12-17,20,26-27H,5-7,10-11,18-19,21-23H2,1-4H3/b28-20+/t26-,27+. The molecular formula is C35H43N3O5. The number of para-hydroxylation sites is 1. The number of aryl methyl sites for hydroxylation is 1. The summed E-state index contributed by atoms with van der Waals surface area (Å²) in [7, 11) is 4.00. The van der Waals surface area contributed by atoms with Gasteiger partial charge in [-0.25, -0.2) is 9.78 Å². The lowest BCUT2D eigenvalue weighted by molar-refractivity contribution is -0.140. The van der Waals surface area contributed by atoms with E-state index in [4.69, 9.17) is 18.9 Å². The summed E-state index contributed by atoms with van der Waals surface area (Å²) in [5, 5.41) is 0. The summed E-state index contributed by atoms with van der Waals surface area (Å²) in [6, 6.07) is 15.6.